The molecule has 2 aliphatic carbocycles. The first-order valence-corrected chi connectivity index (χ1v) is 9.39. The van der Waals surface area contributed by atoms with Gasteiger partial charge in [-0.05, 0) is 51.0 Å². The first kappa shape index (κ1) is 13.8. The summed E-state index contributed by atoms with van der Waals surface area (Å²) in [5, 5.41) is 3.35. The largest absolute Gasteiger partial charge is 0.313 e. The minimum atomic E-state index is -3.05. The Bertz CT molecular complexity index is 394. The Morgan fingerprint density at radius 2 is 1.68 bits per heavy atom. The molecule has 0 spiro atoms. The van der Waals surface area contributed by atoms with E-state index in [1.165, 1.54) is 19.3 Å². The molecule has 0 radical (unpaired) electrons. The van der Waals surface area contributed by atoms with Gasteiger partial charge in [0.15, 0.2) is 0 Å². The summed E-state index contributed by atoms with van der Waals surface area (Å²) in [4.78, 5) is 0. The highest BCUT2D eigenvalue weighted by molar-refractivity contribution is 7.89. The van der Waals surface area contributed by atoms with Crippen molar-refractivity contribution in [1.29, 1.82) is 0 Å². The van der Waals surface area contributed by atoms with Crippen LogP contribution in [0.5, 0.6) is 0 Å². The van der Waals surface area contributed by atoms with Crippen LogP contribution in [-0.2, 0) is 10.0 Å². The molecule has 5 heteroatoms. The second-order valence-corrected chi connectivity index (χ2v) is 8.72. The Kier molecular flexibility index (Phi) is 4.15. The fraction of sp³-hybridized carbons (Fsp3) is 1.00. The molecule has 1 unspecified atom stereocenters. The standard InChI is InChI=1S/C14H26N2O2S/c17-19(18,14-5-1-2-6-14)16(10-12-7-8-12)11-13-4-3-9-15-13/h12-15H,1-11H2. The molecule has 3 aliphatic rings. The molecule has 1 N–H and O–H groups in total. The Morgan fingerprint density at radius 1 is 0.947 bits per heavy atom. The van der Waals surface area contributed by atoms with Crippen molar-refractivity contribution in [1.82, 2.24) is 9.62 Å². The van der Waals surface area contributed by atoms with Crippen LogP contribution < -0.4 is 5.32 Å². The van der Waals surface area contributed by atoms with Gasteiger partial charge in [-0.2, -0.15) is 4.31 Å². The number of sulfonamides is 1. The summed E-state index contributed by atoms with van der Waals surface area (Å²) in [6.45, 7) is 2.53. The Hall–Kier alpha value is -0.130. The quantitative estimate of drug-likeness (QED) is 0.809. The second-order valence-electron chi connectivity index (χ2n) is 6.51. The van der Waals surface area contributed by atoms with Crippen LogP contribution in [0.2, 0.25) is 0 Å². The van der Waals surface area contributed by atoms with E-state index in [9.17, 15) is 8.42 Å². The second kappa shape index (κ2) is 5.70. The van der Waals surface area contributed by atoms with Crippen molar-refractivity contribution in [3.05, 3.63) is 0 Å². The first-order chi connectivity index (χ1) is 9.16. The molecule has 0 bridgehead atoms. The van der Waals surface area contributed by atoms with E-state index in [2.05, 4.69) is 5.32 Å². The molecule has 19 heavy (non-hydrogen) atoms. The van der Waals surface area contributed by atoms with Crippen LogP contribution in [0.4, 0.5) is 0 Å². The van der Waals surface area contributed by atoms with Crippen molar-refractivity contribution in [3.63, 3.8) is 0 Å². The van der Waals surface area contributed by atoms with E-state index in [0.717, 1.165) is 45.2 Å². The molecule has 0 aromatic heterocycles. The number of nitrogens with one attached hydrogen (secondary N) is 1. The SMILES string of the molecule is O=S(=O)(C1CCCC1)N(CC1CC1)CC1CCCN1. The lowest BCUT2D eigenvalue weighted by Gasteiger charge is -2.28. The predicted molar refractivity (Wildman–Crippen MR) is 76.5 cm³/mol. The summed E-state index contributed by atoms with van der Waals surface area (Å²) in [5.41, 5.74) is 0. The summed E-state index contributed by atoms with van der Waals surface area (Å²) < 4.78 is 27.4. The van der Waals surface area contributed by atoms with E-state index < -0.39 is 10.0 Å². The van der Waals surface area contributed by atoms with Crippen LogP contribution in [0.3, 0.4) is 0 Å². The maximum Gasteiger partial charge on any atom is 0.217 e. The lowest BCUT2D eigenvalue weighted by molar-refractivity contribution is 0.353. The number of nitrogens with zero attached hydrogens (tertiary/aromatic N) is 1. The van der Waals surface area contributed by atoms with Crippen LogP contribution in [0.25, 0.3) is 0 Å². The zero-order chi connectivity index (χ0) is 13.3. The molecule has 1 saturated heterocycles. The molecule has 1 heterocycles. The summed E-state index contributed by atoms with van der Waals surface area (Å²) in [6, 6.07) is 0.384. The third-order valence-corrected chi connectivity index (χ3v) is 7.16. The molecule has 3 fully saturated rings. The van der Waals surface area contributed by atoms with E-state index in [-0.39, 0.29) is 5.25 Å². The van der Waals surface area contributed by atoms with Crippen molar-refractivity contribution in [3.8, 4) is 0 Å². The van der Waals surface area contributed by atoms with Gasteiger partial charge in [-0.15, -0.1) is 0 Å². The van der Waals surface area contributed by atoms with Gasteiger partial charge in [0.05, 0.1) is 5.25 Å². The van der Waals surface area contributed by atoms with E-state index >= 15 is 0 Å². The maximum atomic E-state index is 12.8. The van der Waals surface area contributed by atoms with Crippen LogP contribution >= 0.6 is 0 Å². The van der Waals surface area contributed by atoms with E-state index in [1.54, 1.807) is 0 Å². The number of rotatable bonds is 6. The third-order valence-electron chi connectivity index (χ3n) is 4.83. The molecule has 0 amide bonds. The summed E-state index contributed by atoms with van der Waals surface area (Å²) in [7, 11) is -3.05. The minimum Gasteiger partial charge on any atom is -0.313 e. The zero-order valence-electron chi connectivity index (χ0n) is 11.7. The monoisotopic (exact) mass is 286 g/mol. The van der Waals surface area contributed by atoms with Gasteiger partial charge in [-0.3, -0.25) is 0 Å². The van der Waals surface area contributed by atoms with E-state index in [4.69, 9.17) is 0 Å². The van der Waals surface area contributed by atoms with Crippen LogP contribution in [0.1, 0.15) is 51.4 Å². The van der Waals surface area contributed by atoms with Crippen LogP contribution in [-0.4, -0.2) is 43.6 Å². The molecular weight excluding hydrogens is 260 g/mol. The molecule has 1 atom stereocenters. The fourth-order valence-electron chi connectivity index (χ4n) is 3.43. The van der Waals surface area contributed by atoms with Crippen molar-refractivity contribution in [2.75, 3.05) is 19.6 Å². The van der Waals surface area contributed by atoms with Gasteiger partial charge in [-0.1, -0.05) is 12.8 Å². The molecule has 0 aromatic carbocycles. The van der Waals surface area contributed by atoms with Crippen molar-refractivity contribution in [2.24, 2.45) is 5.92 Å². The third kappa shape index (κ3) is 3.31. The van der Waals surface area contributed by atoms with Gasteiger partial charge in [-0.25, -0.2) is 8.42 Å². The van der Waals surface area contributed by atoms with E-state index in [0.29, 0.717) is 18.5 Å². The maximum absolute atomic E-state index is 12.8. The molecule has 110 valence electrons. The van der Waals surface area contributed by atoms with Gasteiger partial charge in [0, 0.05) is 19.1 Å². The lowest BCUT2D eigenvalue weighted by atomic mass is 10.2. The Labute approximate surface area is 117 Å². The smallest absolute Gasteiger partial charge is 0.217 e. The zero-order valence-corrected chi connectivity index (χ0v) is 12.5. The molecule has 1 aliphatic heterocycles. The van der Waals surface area contributed by atoms with Crippen LogP contribution in [0.15, 0.2) is 0 Å². The first-order valence-electron chi connectivity index (χ1n) is 7.88. The highest BCUT2D eigenvalue weighted by Crippen LogP contribution is 2.33. The normalized spacial score (nSPS) is 29.4. The summed E-state index contributed by atoms with van der Waals surface area (Å²) in [5.74, 6) is 0.637. The molecule has 2 saturated carbocycles. The summed E-state index contributed by atoms with van der Waals surface area (Å²) >= 11 is 0. The van der Waals surface area contributed by atoms with Gasteiger partial charge in [0.1, 0.15) is 0 Å². The molecular formula is C14H26N2O2S. The van der Waals surface area contributed by atoms with Crippen molar-refractivity contribution in [2.45, 2.75) is 62.7 Å². The predicted octanol–water partition coefficient (Wildman–Crippen LogP) is 1.72. The lowest BCUT2D eigenvalue weighted by Crippen LogP contribution is -2.45. The summed E-state index contributed by atoms with van der Waals surface area (Å²) in [6.07, 6.45) is 8.67. The highest BCUT2D eigenvalue weighted by Gasteiger charge is 2.38. The average Bonchev–Trinajstić information content (AvgIpc) is 2.87. The number of hydrogen-bond acceptors (Lipinski definition) is 3. The minimum absolute atomic E-state index is 0.0901. The Morgan fingerprint density at radius 3 is 2.26 bits per heavy atom. The van der Waals surface area contributed by atoms with Gasteiger partial charge in [0.2, 0.25) is 10.0 Å². The number of hydrogen-bond donors (Lipinski definition) is 1. The highest BCUT2D eigenvalue weighted by atomic mass is 32.2. The fourth-order valence-corrected chi connectivity index (χ4v) is 5.58. The van der Waals surface area contributed by atoms with Gasteiger partial charge < -0.3 is 5.32 Å². The Balaban J connectivity index is 1.68. The average molecular weight is 286 g/mol. The van der Waals surface area contributed by atoms with Gasteiger partial charge >= 0.3 is 0 Å². The van der Waals surface area contributed by atoms with Crippen LogP contribution in [0, 0.1) is 5.92 Å². The van der Waals surface area contributed by atoms with Crippen molar-refractivity contribution >= 4 is 10.0 Å². The molecule has 3 rings (SSSR count). The van der Waals surface area contributed by atoms with Crippen molar-refractivity contribution < 1.29 is 8.42 Å². The molecule has 4 nitrogen and oxygen atoms in total. The van der Waals surface area contributed by atoms with Gasteiger partial charge in [0.25, 0.3) is 0 Å². The topological polar surface area (TPSA) is 49.4 Å². The van der Waals surface area contributed by atoms with E-state index in [1.807, 2.05) is 4.31 Å². The molecule has 0 aromatic rings.